The highest BCUT2D eigenvalue weighted by molar-refractivity contribution is 5.95. The lowest BCUT2D eigenvalue weighted by Crippen LogP contribution is -2.31. The van der Waals surface area contributed by atoms with Gasteiger partial charge in [-0.3, -0.25) is 10.2 Å². The molecule has 1 aromatic carbocycles. The van der Waals surface area contributed by atoms with E-state index in [9.17, 15) is 4.79 Å². The number of benzene rings is 1. The Labute approximate surface area is 120 Å². The Morgan fingerprint density at radius 1 is 1.20 bits per heavy atom. The molecule has 0 spiro atoms. The highest BCUT2D eigenvalue weighted by Crippen LogP contribution is 2.22. The Morgan fingerprint density at radius 2 is 1.85 bits per heavy atom. The SMILES string of the molecule is N=C(N)c1ccc(CC(=O)NCC2CCCCC2)cc1. The van der Waals surface area contributed by atoms with Gasteiger partial charge >= 0.3 is 0 Å². The number of rotatable bonds is 5. The van der Waals surface area contributed by atoms with Gasteiger partial charge in [-0.2, -0.15) is 0 Å². The van der Waals surface area contributed by atoms with E-state index in [1.165, 1.54) is 32.1 Å². The van der Waals surface area contributed by atoms with Gasteiger partial charge in [0, 0.05) is 12.1 Å². The molecule has 0 bridgehead atoms. The quantitative estimate of drug-likeness (QED) is 0.568. The molecule has 0 unspecified atom stereocenters. The van der Waals surface area contributed by atoms with Gasteiger partial charge in [0.25, 0.3) is 0 Å². The summed E-state index contributed by atoms with van der Waals surface area (Å²) in [7, 11) is 0. The van der Waals surface area contributed by atoms with Crippen LogP contribution in [0, 0.1) is 11.3 Å². The summed E-state index contributed by atoms with van der Waals surface area (Å²) < 4.78 is 0. The number of hydrogen-bond donors (Lipinski definition) is 3. The Bertz CT molecular complexity index is 461. The van der Waals surface area contributed by atoms with E-state index in [0.717, 1.165) is 12.1 Å². The first-order valence-corrected chi connectivity index (χ1v) is 7.35. The Kier molecular flexibility index (Phi) is 5.16. The molecule has 1 aliphatic carbocycles. The zero-order valence-electron chi connectivity index (χ0n) is 11.8. The van der Waals surface area contributed by atoms with E-state index in [1.54, 1.807) is 12.1 Å². The lowest BCUT2D eigenvalue weighted by Gasteiger charge is -2.21. The minimum Gasteiger partial charge on any atom is -0.384 e. The lowest BCUT2D eigenvalue weighted by molar-refractivity contribution is -0.120. The van der Waals surface area contributed by atoms with Crippen molar-refractivity contribution < 1.29 is 4.79 Å². The molecule has 1 aromatic rings. The molecule has 2 rings (SSSR count). The summed E-state index contributed by atoms with van der Waals surface area (Å²) in [5.74, 6) is 0.789. The van der Waals surface area contributed by atoms with Crippen molar-refractivity contribution in [3.8, 4) is 0 Å². The second-order valence-corrected chi connectivity index (χ2v) is 5.60. The maximum absolute atomic E-state index is 11.9. The third-order valence-electron chi connectivity index (χ3n) is 3.94. The monoisotopic (exact) mass is 273 g/mol. The average Bonchev–Trinajstić information content (AvgIpc) is 2.47. The first-order valence-electron chi connectivity index (χ1n) is 7.35. The van der Waals surface area contributed by atoms with E-state index in [4.69, 9.17) is 11.1 Å². The van der Waals surface area contributed by atoms with Gasteiger partial charge in [-0.1, -0.05) is 43.5 Å². The molecule has 1 saturated carbocycles. The van der Waals surface area contributed by atoms with Crippen molar-refractivity contribution in [2.45, 2.75) is 38.5 Å². The van der Waals surface area contributed by atoms with Crippen molar-refractivity contribution in [2.75, 3.05) is 6.54 Å². The first kappa shape index (κ1) is 14.6. The van der Waals surface area contributed by atoms with Crippen LogP contribution in [0.25, 0.3) is 0 Å². The van der Waals surface area contributed by atoms with Crippen LogP contribution in [0.15, 0.2) is 24.3 Å². The fourth-order valence-electron chi connectivity index (χ4n) is 2.70. The second-order valence-electron chi connectivity index (χ2n) is 5.60. The molecule has 4 heteroatoms. The maximum atomic E-state index is 11.9. The zero-order valence-corrected chi connectivity index (χ0v) is 11.8. The molecular formula is C16H23N3O. The van der Waals surface area contributed by atoms with Crippen molar-refractivity contribution in [2.24, 2.45) is 11.7 Å². The molecule has 0 radical (unpaired) electrons. The van der Waals surface area contributed by atoms with Crippen molar-refractivity contribution >= 4 is 11.7 Å². The molecular weight excluding hydrogens is 250 g/mol. The Balaban J connectivity index is 1.77. The predicted octanol–water partition coefficient (Wildman–Crippen LogP) is 2.21. The van der Waals surface area contributed by atoms with Gasteiger partial charge in [0.1, 0.15) is 5.84 Å². The third kappa shape index (κ3) is 4.37. The molecule has 20 heavy (non-hydrogen) atoms. The number of nitrogens with one attached hydrogen (secondary N) is 2. The normalized spacial score (nSPS) is 15.8. The fraction of sp³-hybridized carbons (Fsp3) is 0.500. The highest BCUT2D eigenvalue weighted by Gasteiger charge is 2.14. The smallest absolute Gasteiger partial charge is 0.224 e. The van der Waals surface area contributed by atoms with Gasteiger partial charge in [-0.15, -0.1) is 0 Å². The van der Waals surface area contributed by atoms with Gasteiger partial charge in [0.2, 0.25) is 5.91 Å². The summed E-state index contributed by atoms with van der Waals surface area (Å²) in [6.45, 7) is 0.810. The van der Waals surface area contributed by atoms with Crippen LogP contribution >= 0.6 is 0 Å². The number of carbonyl (C=O) groups is 1. The number of amidine groups is 1. The van der Waals surface area contributed by atoms with Crippen molar-refractivity contribution in [3.05, 3.63) is 35.4 Å². The number of nitrogen functional groups attached to an aromatic ring is 1. The van der Waals surface area contributed by atoms with E-state index < -0.39 is 0 Å². The molecule has 0 aromatic heterocycles. The van der Waals surface area contributed by atoms with Gasteiger partial charge in [0.15, 0.2) is 0 Å². The van der Waals surface area contributed by atoms with E-state index in [0.29, 0.717) is 17.9 Å². The Morgan fingerprint density at radius 3 is 2.45 bits per heavy atom. The Hall–Kier alpha value is -1.84. The molecule has 108 valence electrons. The van der Waals surface area contributed by atoms with Crippen LogP contribution in [0.3, 0.4) is 0 Å². The summed E-state index contributed by atoms with van der Waals surface area (Å²) in [5.41, 5.74) is 7.05. The largest absolute Gasteiger partial charge is 0.384 e. The summed E-state index contributed by atoms with van der Waals surface area (Å²) in [4.78, 5) is 11.9. The first-order chi connectivity index (χ1) is 9.65. The van der Waals surface area contributed by atoms with Crippen molar-refractivity contribution in [1.82, 2.24) is 5.32 Å². The fourth-order valence-corrected chi connectivity index (χ4v) is 2.70. The third-order valence-corrected chi connectivity index (χ3v) is 3.94. The summed E-state index contributed by atoms with van der Waals surface area (Å²) >= 11 is 0. The predicted molar refractivity (Wildman–Crippen MR) is 80.7 cm³/mol. The topological polar surface area (TPSA) is 79.0 Å². The number of nitrogens with two attached hydrogens (primary N) is 1. The van der Waals surface area contributed by atoms with Crippen LogP contribution in [0.2, 0.25) is 0 Å². The van der Waals surface area contributed by atoms with Gasteiger partial charge in [-0.25, -0.2) is 0 Å². The summed E-state index contributed by atoms with van der Waals surface area (Å²) in [6.07, 6.45) is 6.82. The minimum atomic E-state index is 0.0540. The minimum absolute atomic E-state index is 0.0540. The zero-order chi connectivity index (χ0) is 14.4. The van der Waals surface area contributed by atoms with E-state index in [1.807, 2.05) is 12.1 Å². The van der Waals surface area contributed by atoms with Gasteiger partial charge in [-0.05, 0) is 24.3 Å². The average molecular weight is 273 g/mol. The lowest BCUT2D eigenvalue weighted by atomic mass is 9.89. The summed E-state index contributed by atoms with van der Waals surface area (Å²) in [5, 5.41) is 10.4. The number of hydrogen-bond acceptors (Lipinski definition) is 2. The van der Waals surface area contributed by atoms with E-state index in [-0.39, 0.29) is 11.7 Å². The van der Waals surface area contributed by atoms with Crippen LogP contribution < -0.4 is 11.1 Å². The molecule has 1 fully saturated rings. The molecule has 0 atom stereocenters. The maximum Gasteiger partial charge on any atom is 0.224 e. The standard InChI is InChI=1S/C16H23N3O/c17-16(18)14-8-6-12(7-9-14)10-15(20)19-11-13-4-2-1-3-5-13/h6-9,13H,1-5,10-11H2,(H3,17,18)(H,19,20). The molecule has 0 heterocycles. The molecule has 0 aliphatic heterocycles. The number of amides is 1. The van der Waals surface area contributed by atoms with Crippen LogP contribution in [-0.2, 0) is 11.2 Å². The van der Waals surface area contributed by atoms with Gasteiger partial charge in [0.05, 0.1) is 6.42 Å². The van der Waals surface area contributed by atoms with E-state index >= 15 is 0 Å². The van der Waals surface area contributed by atoms with Crippen LogP contribution in [0.4, 0.5) is 0 Å². The molecule has 1 aliphatic rings. The highest BCUT2D eigenvalue weighted by atomic mass is 16.1. The van der Waals surface area contributed by atoms with E-state index in [2.05, 4.69) is 5.32 Å². The van der Waals surface area contributed by atoms with Crippen LogP contribution in [0.1, 0.15) is 43.2 Å². The van der Waals surface area contributed by atoms with Crippen LogP contribution in [0.5, 0.6) is 0 Å². The van der Waals surface area contributed by atoms with Gasteiger partial charge < -0.3 is 11.1 Å². The summed E-state index contributed by atoms with van der Waals surface area (Å²) in [6, 6.07) is 7.28. The molecule has 4 nitrogen and oxygen atoms in total. The molecule has 4 N–H and O–H groups in total. The molecule has 0 saturated heterocycles. The van der Waals surface area contributed by atoms with Crippen LogP contribution in [-0.4, -0.2) is 18.3 Å². The number of carbonyl (C=O) groups excluding carboxylic acids is 1. The van der Waals surface area contributed by atoms with Crippen molar-refractivity contribution in [1.29, 1.82) is 5.41 Å². The van der Waals surface area contributed by atoms with Crippen molar-refractivity contribution in [3.63, 3.8) is 0 Å². The molecule has 1 amide bonds. The second kappa shape index (κ2) is 7.08.